The van der Waals surface area contributed by atoms with E-state index in [4.69, 9.17) is 0 Å². The second-order valence-electron chi connectivity index (χ2n) is 5.29. The number of amides is 2. The Labute approximate surface area is 141 Å². The van der Waals surface area contributed by atoms with Crippen LogP contribution < -0.4 is 15.4 Å². The summed E-state index contributed by atoms with van der Waals surface area (Å²) < 4.78 is 26.2. The highest BCUT2D eigenvalue weighted by Crippen LogP contribution is 2.20. The van der Waals surface area contributed by atoms with Crippen molar-refractivity contribution in [3.63, 3.8) is 0 Å². The fourth-order valence-electron chi connectivity index (χ4n) is 2.16. The summed E-state index contributed by atoms with van der Waals surface area (Å²) >= 11 is 0. The van der Waals surface area contributed by atoms with E-state index in [1.165, 1.54) is 13.1 Å². The molecule has 7 nitrogen and oxygen atoms in total. The number of nitrogens with one attached hydrogen (secondary N) is 3. The van der Waals surface area contributed by atoms with Crippen molar-refractivity contribution in [2.75, 3.05) is 12.4 Å². The monoisotopic (exact) mass is 348 g/mol. The first kappa shape index (κ1) is 17.9. The quantitative estimate of drug-likeness (QED) is 0.771. The maximum absolute atomic E-state index is 12.1. The van der Waals surface area contributed by atoms with E-state index in [0.29, 0.717) is 11.3 Å². The highest BCUT2D eigenvalue weighted by atomic mass is 32.2. The fourth-order valence-corrected chi connectivity index (χ4v) is 3.15. The molecular weight excluding hydrogens is 328 g/mol. The van der Waals surface area contributed by atoms with Crippen LogP contribution in [0.1, 0.15) is 24.1 Å². The number of aromatic nitrogens is 1. The van der Waals surface area contributed by atoms with Gasteiger partial charge in [0.05, 0.1) is 10.9 Å². The lowest BCUT2D eigenvalue weighted by atomic mass is 10.1. The number of carbonyl (C=O) groups is 1. The van der Waals surface area contributed by atoms with Gasteiger partial charge < -0.3 is 10.6 Å². The van der Waals surface area contributed by atoms with Gasteiger partial charge in [-0.05, 0) is 50.2 Å². The van der Waals surface area contributed by atoms with Crippen molar-refractivity contribution in [2.45, 2.75) is 24.8 Å². The second-order valence-corrected chi connectivity index (χ2v) is 7.15. The molecule has 3 N–H and O–H groups in total. The highest BCUT2D eigenvalue weighted by Gasteiger charge is 2.16. The normalized spacial score (nSPS) is 12.5. The number of rotatable bonds is 5. The zero-order chi connectivity index (χ0) is 17.7. The molecule has 0 radical (unpaired) electrons. The molecule has 2 rings (SSSR count). The number of benzene rings is 1. The first-order chi connectivity index (χ1) is 11.3. The molecule has 0 unspecified atom stereocenters. The summed E-state index contributed by atoms with van der Waals surface area (Å²) in [6.45, 7) is 3.53. The predicted molar refractivity (Wildman–Crippen MR) is 92.2 cm³/mol. The van der Waals surface area contributed by atoms with Gasteiger partial charge in [0.1, 0.15) is 0 Å². The summed E-state index contributed by atoms with van der Waals surface area (Å²) in [5.41, 5.74) is 1.86. The van der Waals surface area contributed by atoms with Crippen LogP contribution in [0.5, 0.6) is 0 Å². The Hall–Kier alpha value is -2.45. The van der Waals surface area contributed by atoms with Crippen LogP contribution >= 0.6 is 0 Å². The largest absolute Gasteiger partial charge is 0.331 e. The number of anilines is 1. The van der Waals surface area contributed by atoms with Crippen molar-refractivity contribution in [1.29, 1.82) is 0 Å². The molecule has 1 aromatic carbocycles. The van der Waals surface area contributed by atoms with Crippen LogP contribution in [0, 0.1) is 6.92 Å². The molecule has 1 atom stereocenters. The van der Waals surface area contributed by atoms with Gasteiger partial charge in [-0.3, -0.25) is 4.98 Å². The minimum atomic E-state index is -3.58. The van der Waals surface area contributed by atoms with Gasteiger partial charge in [0.25, 0.3) is 0 Å². The van der Waals surface area contributed by atoms with Crippen molar-refractivity contribution in [3.05, 3.63) is 53.9 Å². The van der Waals surface area contributed by atoms with Gasteiger partial charge >= 0.3 is 6.03 Å². The van der Waals surface area contributed by atoms with Gasteiger partial charge in [-0.25, -0.2) is 17.9 Å². The number of carbonyl (C=O) groups excluding carboxylic acids is 1. The number of urea groups is 1. The van der Waals surface area contributed by atoms with Crippen LogP contribution in [0.4, 0.5) is 10.5 Å². The summed E-state index contributed by atoms with van der Waals surface area (Å²) in [5.74, 6) is 0. The van der Waals surface area contributed by atoms with Crippen LogP contribution in [0.25, 0.3) is 0 Å². The van der Waals surface area contributed by atoms with E-state index in [9.17, 15) is 13.2 Å². The van der Waals surface area contributed by atoms with Gasteiger partial charge in [0, 0.05) is 18.1 Å². The Bertz CT molecular complexity index is 822. The molecule has 24 heavy (non-hydrogen) atoms. The van der Waals surface area contributed by atoms with Gasteiger partial charge in [-0.15, -0.1) is 0 Å². The molecule has 0 aliphatic rings. The van der Waals surface area contributed by atoms with Gasteiger partial charge in [-0.1, -0.05) is 12.1 Å². The number of sulfonamides is 1. The third-order valence-corrected chi connectivity index (χ3v) is 5.09. The van der Waals surface area contributed by atoms with Crippen LogP contribution in [0.3, 0.4) is 0 Å². The maximum Gasteiger partial charge on any atom is 0.319 e. The minimum absolute atomic E-state index is 0.128. The third-order valence-electron chi connectivity index (χ3n) is 3.54. The minimum Gasteiger partial charge on any atom is -0.331 e. The molecule has 0 fully saturated rings. The van der Waals surface area contributed by atoms with Crippen LogP contribution in [-0.2, 0) is 10.0 Å². The molecule has 0 bridgehead atoms. The molecule has 1 aromatic heterocycles. The Morgan fingerprint density at radius 2 is 2.00 bits per heavy atom. The van der Waals surface area contributed by atoms with Gasteiger partial charge in [0.2, 0.25) is 10.0 Å². The first-order valence-electron chi connectivity index (χ1n) is 7.35. The smallest absolute Gasteiger partial charge is 0.319 e. The SMILES string of the molecule is CNS(=O)(=O)c1cc(NC(=O)N[C@@H](C)c2cccnc2)ccc1C. The Balaban J connectivity index is 2.11. The molecule has 0 aliphatic carbocycles. The van der Waals surface area contributed by atoms with Crippen LogP contribution in [0.15, 0.2) is 47.6 Å². The van der Waals surface area contributed by atoms with E-state index in [1.807, 2.05) is 13.0 Å². The van der Waals surface area contributed by atoms with E-state index in [1.54, 1.807) is 37.5 Å². The van der Waals surface area contributed by atoms with E-state index in [2.05, 4.69) is 20.3 Å². The lowest BCUT2D eigenvalue weighted by Gasteiger charge is -2.15. The average Bonchev–Trinajstić information content (AvgIpc) is 2.57. The zero-order valence-electron chi connectivity index (χ0n) is 13.7. The Morgan fingerprint density at radius 1 is 1.25 bits per heavy atom. The van der Waals surface area contributed by atoms with Crippen molar-refractivity contribution in [2.24, 2.45) is 0 Å². The fraction of sp³-hybridized carbons (Fsp3) is 0.250. The Morgan fingerprint density at radius 3 is 2.62 bits per heavy atom. The molecule has 1 heterocycles. The number of pyridine rings is 1. The van der Waals surface area contributed by atoms with Crippen LogP contribution in [0.2, 0.25) is 0 Å². The van der Waals surface area contributed by atoms with E-state index < -0.39 is 16.1 Å². The standard InChI is InChI=1S/C16H20N4O3S/c1-11-6-7-14(9-15(11)24(22,23)17-3)20-16(21)19-12(2)13-5-4-8-18-10-13/h4-10,12,17H,1-3H3,(H2,19,20,21)/t12-/m0/s1. The topological polar surface area (TPSA) is 100 Å². The van der Waals surface area contributed by atoms with Crippen molar-refractivity contribution in [1.82, 2.24) is 15.0 Å². The summed E-state index contributed by atoms with van der Waals surface area (Å²) in [4.78, 5) is 16.2. The lowest BCUT2D eigenvalue weighted by Crippen LogP contribution is -2.31. The number of hydrogen-bond donors (Lipinski definition) is 3. The van der Waals surface area contributed by atoms with Crippen molar-refractivity contribution >= 4 is 21.7 Å². The zero-order valence-corrected chi connectivity index (χ0v) is 14.5. The summed E-state index contributed by atoms with van der Waals surface area (Å²) in [6, 6.07) is 7.72. The van der Waals surface area contributed by atoms with Gasteiger partial charge in [-0.2, -0.15) is 0 Å². The molecular formula is C16H20N4O3S. The highest BCUT2D eigenvalue weighted by molar-refractivity contribution is 7.89. The van der Waals surface area contributed by atoms with E-state index in [0.717, 1.165) is 5.56 Å². The second kappa shape index (κ2) is 7.41. The molecule has 2 amide bonds. The van der Waals surface area contributed by atoms with E-state index >= 15 is 0 Å². The molecule has 0 saturated heterocycles. The third kappa shape index (κ3) is 4.30. The molecule has 0 saturated carbocycles. The Kier molecular flexibility index (Phi) is 5.53. The summed E-state index contributed by atoms with van der Waals surface area (Å²) in [6.07, 6.45) is 3.33. The van der Waals surface area contributed by atoms with Crippen molar-refractivity contribution < 1.29 is 13.2 Å². The molecule has 2 aromatic rings. The average molecular weight is 348 g/mol. The molecule has 0 aliphatic heterocycles. The first-order valence-corrected chi connectivity index (χ1v) is 8.83. The molecule has 128 valence electrons. The summed E-state index contributed by atoms with van der Waals surface area (Å²) in [7, 11) is -2.24. The molecule has 8 heteroatoms. The number of hydrogen-bond acceptors (Lipinski definition) is 4. The van der Waals surface area contributed by atoms with E-state index in [-0.39, 0.29) is 10.9 Å². The predicted octanol–water partition coefficient (Wildman–Crippen LogP) is 2.18. The van der Waals surface area contributed by atoms with Crippen LogP contribution in [-0.4, -0.2) is 26.5 Å². The summed E-state index contributed by atoms with van der Waals surface area (Å²) in [5, 5.41) is 5.42. The number of aryl methyl sites for hydroxylation is 1. The van der Waals surface area contributed by atoms with Gasteiger partial charge in [0.15, 0.2) is 0 Å². The van der Waals surface area contributed by atoms with Crippen molar-refractivity contribution in [3.8, 4) is 0 Å². The molecule has 0 spiro atoms. The maximum atomic E-state index is 12.1. The number of nitrogens with zero attached hydrogens (tertiary/aromatic N) is 1. The lowest BCUT2D eigenvalue weighted by molar-refractivity contribution is 0.249.